The van der Waals surface area contributed by atoms with Crippen LogP contribution in [0.25, 0.3) is 43.6 Å². The maximum atomic E-state index is 12.0. The van der Waals surface area contributed by atoms with E-state index >= 15 is 0 Å². The van der Waals surface area contributed by atoms with E-state index in [0.29, 0.717) is 39.3 Å². The predicted molar refractivity (Wildman–Crippen MR) is 227 cm³/mol. The molecule has 11 heteroatoms. The van der Waals surface area contributed by atoms with Crippen molar-refractivity contribution in [2.45, 2.75) is 32.3 Å². The molecule has 0 atom stereocenters. The Morgan fingerprint density at radius 1 is 0.397 bits per heavy atom. The number of benzene rings is 4. The molecule has 8 rings (SSSR count). The zero-order valence-electron chi connectivity index (χ0n) is 33.1. The van der Waals surface area contributed by atoms with Crippen LogP contribution in [0.15, 0.2) is 121 Å². The Morgan fingerprint density at radius 3 is 0.897 bits per heavy atom. The van der Waals surface area contributed by atoms with Gasteiger partial charge in [0.05, 0.1) is 79.4 Å². The maximum absolute atomic E-state index is 12.0. The van der Waals surface area contributed by atoms with Gasteiger partial charge in [-0.25, -0.2) is 0 Å². The zero-order valence-corrected chi connectivity index (χ0v) is 33.1. The molecule has 0 aliphatic heterocycles. The lowest BCUT2D eigenvalue weighted by atomic mass is 10.1. The minimum absolute atomic E-state index is 0.372. The van der Waals surface area contributed by atoms with Gasteiger partial charge in [-0.1, -0.05) is 24.3 Å². The van der Waals surface area contributed by atoms with Gasteiger partial charge in [-0.15, -0.1) is 0 Å². The Bertz CT molecular complexity index is 2350. The SMILES string of the molecule is COc1ccc2nc(CN(Cc3ccc4cc(OC)ccc4n3)CC(O)CN(Cc3ccc4cc(OC)ccc4n3)Cc3ccc4cc(OC)ccc4n3)ccc2c1. The molecule has 0 spiro atoms. The van der Waals surface area contributed by atoms with E-state index in [1.54, 1.807) is 28.4 Å². The van der Waals surface area contributed by atoms with Crippen molar-refractivity contribution >= 4 is 43.6 Å². The van der Waals surface area contributed by atoms with Crippen LogP contribution in [0.1, 0.15) is 22.8 Å². The number of fused-ring (bicyclic) bond motifs is 4. The average molecular weight is 775 g/mol. The molecule has 4 heterocycles. The molecule has 0 unspecified atom stereocenters. The van der Waals surface area contributed by atoms with Crippen molar-refractivity contribution in [1.82, 2.24) is 29.7 Å². The third kappa shape index (κ3) is 9.08. The topological polar surface area (TPSA) is 115 Å². The number of aliphatic hydroxyl groups excluding tert-OH is 1. The van der Waals surface area contributed by atoms with Gasteiger partial charge in [0, 0.05) is 60.8 Å². The van der Waals surface area contributed by atoms with Crippen molar-refractivity contribution in [3.8, 4) is 23.0 Å². The van der Waals surface area contributed by atoms with E-state index in [1.165, 1.54) is 0 Å². The van der Waals surface area contributed by atoms with Crippen molar-refractivity contribution in [2.75, 3.05) is 41.5 Å². The summed E-state index contributed by atoms with van der Waals surface area (Å²) in [7, 11) is 6.65. The van der Waals surface area contributed by atoms with Crippen LogP contribution in [0.2, 0.25) is 0 Å². The number of pyridine rings is 4. The molecule has 4 aromatic heterocycles. The van der Waals surface area contributed by atoms with Crippen molar-refractivity contribution in [2.24, 2.45) is 0 Å². The number of nitrogens with zero attached hydrogens (tertiary/aromatic N) is 6. The first-order valence-corrected chi connectivity index (χ1v) is 19.2. The first kappa shape index (κ1) is 38.5. The highest BCUT2D eigenvalue weighted by Gasteiger charge is 2.20. The van der Waals surface area contributed by atoms with Crippen LogP contribution in [0.5, 0.6) is 23.0 Å². The van der Waals surface area contributed by atoms with E-state index in [0.717, 1.165) is 89.4 Å². The zero-order chi connectivity index (χ0) is 40.0. The summed E-state index contributed by atoms with van der Waals surface area (Å²) in [6, 6.07) is 39.9. The fraction of sp³-hybridized carbons (Fsp3) is 0.234. The lowest BCUT2D eigenvalue weighted by Gasteiger charge is -2.29. The summed E-state index contributed by atoms with van der Waals surface area (Å²) in [6.07, 6.45) is -0.733. The maximum Gasteiger partial charge on any atom is 0.119 e. The number of aromatic nitrogens is 4. The largest absolute Gasteiger partial charge is 0.497 e. The number of hydrogen-bond donors (Lipinski definition) is 1. The second-order valence-electron chi connectivity index (χ2n) is 14.4. The van der Waals surface area contributed by atoms with Crippen molar-refractivity contribution in [3.63, 3.8) is 0 Å². The van der Waals surface area contributed by atoms with Gasteiger partial charge in [-0.05, 0) is 97.1 Å². The van der Waals surface area contributed by atoms with Gasteiger partial charge < -0.3 is 24.1 Å². The highest BCUT2D eigenvalue weighted by molar-refractivity contribution is 5.82. The third-order valence-electron chi connectivity index (χ3n) is 10.3. The Balaban J connectivity index is 1.07. The molecule has 11 nitrogen and oxygen atoms in total. The molecular weight excluding hydrogens is 729 g/mol. The van der Waals surface area contributed by atoms with Gasteiger partial charge in [0.1, 0.15) is 23.0 Å². The molecule has 0 saturated carbocycles. The van der Waals surface area contributed by atoms with Crippen LogP contribution in [-0.4, -0.2) is 82.5 Å². The fourth-order valence-corrected chi connectivity index (χ4v) is 7.38. The molecule has 0 amide bonds. The van der Waals surface area contributed by atoms with Gasteiger partial charge in [0.2, 0.25) is 0 Å². The van der Waals surface area contributed by atoms with Gasteiger partial charge >= 0.3 is 0 Å². The minimum atomic E-state index is -0.733. The van der Waals surface area contributed by atoms with Gasteiger partial charge in [-0.3, -0.25) is 29.7 Å². The first-order valence-electron chi connectivity index (χ1n) is 19.2. The number of ether oxygens (including phenoxy) is 4. The van der Waals surface area contributed by atoms with Crippen LogP contribution in [-0.2, 0) is 26.2 Å². The molecule has 0 aliphatic carbocycles. The molecule has 8 aromatic rings. The Labute approximate surface area is 337 Å². The highest BCUT2D eigenvalue weighted by atomic mass is 16.5. The Hall–Kier alpha value is -6.40. The standard InChI is InChI=1S/C47H46N6O5/c1-55-40-13-17-44-31(21-40)5-9-35(48-44)25-52(26-36-10-6-32-22-41(56-2)14-18-45(32)49-36)29-39(54)30-53(27-37-11-7-33-23-42(57-3)15-19-46(33)50-37)28-38-12-8-34-24-43(58-4)16-20-47(34)51-38/h5-24,39,54H,25-30H2,1-4H3. The van der Waals surface area contributed by atoms with E-state index in [9.17, 15) is 5.11 Å². The Morgan fingerprint density at radius 2 is 0.655 bits per heavy atom. The number of rotatable bonds is 16. The fourth-order valence-electron chi connectivity index (χ4n) is 7.38. The van der Waals surface area contributed by atoms with Crippen LogP contribution in [0.3, 0.4) is 0 Å². The average Bonchev–Trinajstić information content (AvgIpc) is 3.25. The number of hydrogen-bond acceptors (Lipinski definition) is 11. The van der Waals surface area contributed by atoms with Gasteiger partial charge in [-0.2, -0.15) is 0 Å². The molecular formula is C47H46N6O5. The summed E-state index contributed by atoms with van der Waals surface area (Å²) in [5.41, 5.74) is 7.08. The summed E-state index contributed by atoms with van der Waals surface area (Å²) >= 11 is 0. The molecule has 58 heavy (non-hydrogen) atoms. The summed E-state index contributed by atoms with van der Waals surface area (Å²) in [5.74, 6) is 3.15. The van der Waals surface area contributed by atoms with Crippen LogP contribution in [0.4, 0.5) is 0 Å². The second kappa shape index (κ2) is 17.4. The molecule has 0 bridgehead atoms. The lowest BCUT2D eigenvalue weighted by Crippen LogP contribution is -2.40. The molecule has 4 aromatic carbocycles. The van der Waals surface area contributed by atoms with E-state index < -0.39 is 6.10 Å². The smallest absolute Gasteiger partial charge is 0.119 e. The molecule has 0 aliphatic rings. The lowest BCUT2D eigenvalue weighted by molar-refractivity contribution is 0.0616. The van der Waals surface area contributed by atoms with Crippen LogP contribution < -0.4 is 18.9 Å². The molecule has 0 fully saturated rings. The van der Waals surface area contributed by atoms with Crippen molar-refractivity contribution in [1.29, 1.82) is 0 Å². The van der Waals surface area contributed by atoms with Crippen LogP contribution >= 0.6 is 0 Å². The van der Waals surface area contributed by atoms with E-state index in [-0.39, 0.29) is 0 Å². The molecule has 0 saturated heterocycles. The van der Waals surface area contributed by atoms with Gasteiger partial charge in [0.15, 0.2) is 0 Å². The number of aliphatic hydroxyl groups is 1. The summed E-state index contributed by atoms with van der Waals surface area (Å²) in [6.45, 7) is 2.77. The highest BCUT2D eigenvalue weighted by Crippen LogP contribution is 2.25. The van der Waals surface area contributed by atoms with E-state index in [2.05, 4.69) is 34.1 Å². The molecule has 0 radical (unpaired) electrons. The quantitative estimate of drug-likeness (QED) is 0.103. The van der Waals surface area contributed by atoms with Crippen molar-refractivity contribution < 1.29 is 24.1 Å². The third-order valence-corrected chi connectivity index (χ3v) is 10.3. The second-order valence-corrected chi connectivity index (χ2v) is 14.4. The predicted octanol–water partition coefficient (Wildman–Crippen LogP) is 7.98. The van der Waals surface area contributed by atoms with E-state index in [1.807, 2.05) is 97.1 Å². The summed E-state index contributed by atoms with van der Waals surface area (Å²) in [5, 5.41) is 16.0. The normalized spacial score (nSPS) is 11.7. The minimum Gasteiger partial charge on any atom is -0.497 e. The molecule has 294 valence electrons. The van der Waals surface area contributed by atoms with Gasteiger partial charge in [0.25, 0.3) is 0 Å². The van der Waals surface area contributed by atoms with E-state index in [4.69, 9.17) is 38.9 Å². The first-order chi connectivity index (χ1) is 28.3. The number of methoxy groups -OCH3 is 4. The van der Waals surface area contributed by atoms with Crippen molar-refractivity contribution in [3.05, 3.63) is 144 Å². The van der Waals surface area contributed by atoms with Crippen LogP contribution in [0, 0.1) is 0 Å². The summed E-state index contributed by atoms with van der Waals surface area (Å²) in [4.78, 5) is 24.4. The summed E-state index contributed by atoms with van der Waals surface area (Å²) < 4.78 is 21.7. The molecule has 1 N–H and O–H groups in total. The monoisotopic (exact) mass is 774 g/mol. The Kier molecular flexibility index (Phi) is 11.5.